The molecular formula is C22H25ClF2N8O2. The van der Waals surface area contributed by atoms with E-state index in [-0.39, 0.29) is 29.7 Å². The molecule has 35 heavy (non-hydrogen) atoms. The summed E-state index contributed by atoms with van der Waals surface area (Å²) in [6, 6.07) is 5.22. The molecule has 0 bridgehead atoms. The van der Waals surface area contributed by atoms with Crippen LogP contribution in [0.5, 0.6) is 0 Å². The van der Waals surface area contributed by atoms with E-state index in [1.54, 1.807) is 17.0 Å². The molecule has 13 heteroatoms. The van der Waals surface area contributed by atoms with Crippen LogP contribution in [0.4, 0.5) is 20.7 Å². The molecule has 3 aromatic rings. The Morgan fingerprint density at radius 1 is 1.17 bits per heavy atom. The SMILES string of the molecule is Cc1cccc2c1nc(C(F)F)n2-c1nc(N[C@H]2CCN(C(=O)CCl)C2)nc(N2CCOCC2)n1. The average Bonchev–Trinajstić information content (AvgIpc) is 3.50. The van der Waals surface area contributed by atoms with E-state index in [9.17, 15) is 13.6 Å². The lowest BCUT2D eigenvalue weighted by Gasteiger charge is -2.27. The molecule has 0 unspecified atom stereocenters. The fourth-order valence-electron chi connectivity index (χ4n) is 4.41. The lowest BCUT2D eigenvalue weighted by atomic mass is 10.2. The number of carbonyl (C=O) groups is 1. The number of nitrogens with zero attached hydrogens (tertiary/aromatic N) is 7. The van der Waals surface area contributed by atoms with Crippen molar-refractivity contribution in [3.8, 4) is 5.95 Å². The van der Waals surface area contributed by atoms with E-state index in [1.165, 1.54) is 4.57 Å². The molecule has 5 rings (SSSR count). The number of rotatable bonds is 6. The molecule has 2 saturated heterocycles. The van der Waals surface area contributed by atoms with Gasteiger partial charge in [-0.15, -0.1) is 11.6 Å². The number of hydrogen-bond acceptors (Lipinski definition) is 8. The first kappa shape index (κ1) is 23.6. The van der Waals surface area contributed by atoms with Gasteiger partial charge in [-0.1, -0.05) is 12.1 Å². The van der Waals surface area contributed by atoms with Gasteiger partial charge in [0, 0.05) is 32.2 Å². The maximum atomic E-state index is 14.1. The number of halogens is 3. The molecule has 0 saturated carbocycles. The zero-order chi connectivity index (χ0) is 24.5. The van der Waals surface area contributed by atoms with Crippen LogP contribution in [0.2, 0.25) is 0 Å². The van der Waals surface area contributed by atoms with Gasteiger partial charge in [-0.2, -0.15) is 15.0 Å². The number of para-hydroxylation sites is 1. The van der Waals surface area contributed by atoms with Gasteiger partial charge in [0.15, 0.2) is 5.82 Å². The molecule has 1 aromatic carbocycles. The minimum Gasteiger partial charge on any atom is -0.378 e. The molecule has 1 atom stereocenters. The first-order chi connectivity index (χ1) is 16.9. The third kappa shape index (κ3) is 4.72. The number of fused-ring (bicyclic) bond motifs is 1. The third-order valence-electron chi connectivity index (χ3n) is 6.20. The number of nitrogens with one attached hydrogen (secondary N) is 1. The number of likely N-dealkylation sites (tertiary alicyclic amines) is 1. The molecule has 1 amide bonds. The van der Waals surface area contributed by atoms with Crippen molar-refractivity contribution in [3.63, 3.8) is 0 Å². The van der Waals surface area contributed by atoms with E-state index in [0.29, 0.717) is 62.8 Å². The first-order valence-electron chi connectivity index (χ1n) is 11.4. The number of benzene rings is 1. The molecule has 2 aliphatic rings. The van der Waals surface area contributed by atoms with Gasteiger partial charge in [0.25, 0.3) is 6.43 Å². The van der Waals surface area contributed by atoms with E-state index in [1.807, 2.05) is 17.9 Å². The number of carbonyl (C=O) groups excluding carboxylic acids is 1. The standard InChI is InChI=1S/C22H25ClF2N8O2/c1-13-3-2-4-15-17(13)27-19(18(24)25)33(15)22-29-20(26-14-5-6-32(12-14)16(34)11-23)28-21(30-22)31-7-9-35-10-8-31/h2-4,14,18H,5-12H2,1H3,(H,26,28,29,30)/t14-/m0/s1. The second kappa shape index (κ2) is 9.86. The van der Waals surface area contributed by atoms with Crippen molar-refractivity contribution in [3.05, 3.63) is 29.6 Å². The van der Waals surface area contributed by atoms with Gasteiger partial charge in [-0.05, 0) is 25.0 Å². The monoisotopic (exact) mass is 506 g/mol. The fourth-order valence-corrected chi connectivity index (χ4v) is 4.58. The molecule has 4 heterocycles. The molecule has 2 aliphatic heterocycles. The van der Waals surface area contributed by atoms with Gasteiger partial charge >= 0.3 is 0 Å². The van der Waals surface area contributed by atoms with Crippen molar-refractivity contribution in [2.24, 2.45) is 0 Å². The fraction of sp³-hybridized carbons (Fsp3) is 0.500. The van der Waals surface area contributed by atoms with Crippen LogP contribution in [0.1, 0.15) is 24.2 Å². The van der Waals surface area contributed by atoms with Gasteiger partial charge in [0.1, 0.15) is 5.88 Å². The Bertz CT molecular complexity index is 1230. The molecule has 2 fully saturated rings. The Labute approximate surface area is 205 Å². The highest BCUT2D eigenvalue weighted by atomic mass is 35.5. The minimum atomic E-state index is -2.83. The van der Waals surface area contributed by atoms with E-state index in [4.69, 9.17) is 16.3 Å². The Morgan fingerprint density at radius 2 is 1.94 bits per heavy atom. The maximum Gasteiger partial charge on any atom is 0.296 e. The van der Waals surface area contributed by atoms with Gasteiger partial charge in [0.05, 0.1) is 24.2 Å². The van der Waals surface area contributed by atoms with E-state index in [2.05, 4.69) is 25.3 Å². The molecule has 1 N–H and O–H groups in total. The Morgan fingerprint density at radius 3 is 2.69 bits per heavy atom. The molecule has 2 aromatic heterocycles. The summed E-state index contributed by atoms with van der Waals surface area (Å²) < 4.78 is 34.9. The van der Waals surface area contributed by atoms with E-state index < -0.39 is 12.2 Å². The topological polar surface area (TPSA) is 101 Å². The molecule has 186 valence electrons. The first-order valence-corrected chi connectivity index (χ1v) is 11.9. The highest BCUT2D eigenvalue weighted by molar-refractivity contribution is 6.27. The quantitative estimate of drug-likeness (QED) is 0.509. The van der Waals surface area contributed by atoms with Crippen LogP contribution < -0.4 is 10.2 Å². The number of aromatic nitrogens is 5. The lowest BCUT2D eigenvalue weighted by Crippen LogP contribution is -2.38. The maximum absolute atomic E-state index is 14.1. The van der Waals surface area contributed by atoms with Crippen molar-refractivity contribution in [2.45, 2.75) is 25.8 Å². The van der Waals surface area contributed by atoms with Gasteiger partial charge in [-0.25, -0.2) is 13.8 Å². The van der Waals surface area contributed by atoms with Crippen LogP contribution in [-0.4, -0.2) is 86.6 Å². The average molecular weight is 507 g/mol. The number of hydrogen-bond donors (Lipinski definition) is 1. The molecule has 0 radical (unpaired) electrons. The highest BCUT2D eigenvalue weighted by Gasteiger charge is 2.28. The summed E-state index contributed by atoms with van der Waals surface area (Å²) in [6.07, 6.45) is -2.14. The summed E-state index contributed by atoms with van der Waals surface area (Å²) in [6.45, 7) is 5.00. The Balaban J connectivity index is 1.57. The van der Waals surface area contributed by atoms with Crippen LogP contribution in [0.3, 0.4) is 0 Å². The van der Waals surface area contributed by atoms with Crippen LogP contribution in [0.15, 0.2) is 18.2 Å². The van der Waals surface area contributed by atoms with Crippen molar-refractivity contribution >= 4 is 40.4 Å². The summed E-state index contributed by atoms with van der Waals surface area (Å²) in [5.74, 6) is 0.0211. The van der Waals surface area contributed by atoms with Crippen LogP contribution in [0, 0.1) is 6.92 Å². The zero-order valence-corrected chi connectivity index (χ0v) is 19.9. The lowest BCUT2D eigenvalue weighted by molar-refractivity contribution is -0.127. The largest absolute Gasteiger partial charge is 0.378 e. The van der Waals surface area contributed by atoms with E-state index >= 15 is 0 Å². The molecule has 0 aliphatic carbocycles. The summed E-state index contributed by atoms with van der Waals surface area (Å²) in [5.41, 5.74) is 1.74. The molecule has 10 nitrogen and oxygen atoms in total. The Kier molecular flexibility index (Phi) is 6.65. The third-order valence-corrected chi connectivity index (χ3v) is 6.43. The number of aryl methyl sites for hydroxylation is 1. The summed E-state index contributed by atoms with van der Waals surface area (Å²) >= 11 is 5.69. The van der Waals surface area contributed by atoms with Crippen molar-refractivity contribution in [1.29, 1.82) is 0 Å². The predicted molar refractivity (Wildman–Crippen MR) is 127 cm³/mol. The smallest absolute Gasteiger partial charge is 0.296 e. The zero-order valence-electron chi connectivity index (χ0n) is 19.1. The molecule has 0 spiro atoms. The van der Waals surface area contributed by atoms with Crippen molar-refractivity contribution in [2.75, 3.05) is 55.5 Å². The second-order valence-electron chi connectivity index (χ2n) is 8.51. The number of morpholine rings is 1. The van der Waals surface area contributed by atoms with Crippen LogP contribution >= 0.6 is 11.6 Å². The number of ether oxygens (including phenoxy) is 1. The van der Waals surface area contributed by atoms with Crippen molar-refractivity contribution in [1.82, 2.24) is 29.4 Å². The summed E-state index contributed by atoms with van der Waals surface area (Å²) in [5, 5.41) is 3.26. The number of alkyl halides is 3. The van der Waals surface area contributed by atoms with Crippen LogP contribution in [-0.2, 0) is 9.53 Å². The second-order valence-corrected chi connectivity index (χ2v) is 8.78. The minimum absolute atomic E-state index is 0.0547. The highest BCUT2D eigenvalue weighted by Crippen LogP contribution is 2.29. The van der Waals surface area contributed by atoms with E-state index in [0.717, 1.165) is 5.56 Å². The Hall–Kier alpha value is -3.12. The predicted octanol–water partition coefficient (Wildman–Crippen LogP) is 2.54. The number of anilines is 2. The summed E-state index contributed by atoms with van der Waals surface area (Å²) in [7, 11) is 0. The van der Waals surface area contributed by atoms with Crippen LogP contribution in [0.25, 0.3) is 17.0 Å². The van der Waals surface area contributed by atoms with Crippen molar-refractivity contribution < 1.29 is 18.3 Å². The molecular weight excluding hydrogens is 482 g/mol. The van der Waals surface area contributed by atoms with Gasteiger partial charge in [0.2, 0.25) is 23.8 Å². The normalized spacial score (nSPS) is 18.6. The number of imidazole rings is 1. The van der Waals surface area contributed by atoms with Gasteiger partial charge in [-0.3, -0.25) is 9.36 Å². The summed E-state index contributed by atoms with van der Waals surface area (Å²) in [4.78, 5) is 33.4. The number of amides is 1. The van der Waals surface area contributed by atoms with Gasteiger partial charge < -0.3 is 19.9 Å².